The van der Waals surface area contributed by atoms with E-state index in [-0.39, 0.29) is 5.82 Å². The molecule has 7 rings (SSSR count). The van der Waals surface area contributed by atoms with Crippen LogP contribution in [0.2, 0.25) is 0 Å². The second-order valence-electron chi connectivity index (χ2n) is 10.0. The van der Waals surface area contributed by atoms with Crippen LogP contribution in [0.15, 0.2) is 54.7 Å². The minimum atomic E-state index is -0.235. The van der Waals surface area contributed by atoms with Gasteiger partial charge in [0.15, 0.2) is 0 Å². The zero-order valence-electron chi connectivity index (χ0n) is 19.6. The standard InChI is InChI=1S/C29H28FN5/c30-23-15-19(8-11-22(23)26-16-32-28(34-26)17-4-1-2-5-17)18-7-10-21-20(14-18)9-12-24-27(21)35-29(33-24)25-6-3-13-31-25/h7-12,14-17,25,31H,1-6,13H2,(H,32,34)(H,33,35)/t25-/m0/s1. The molecule has 5 nitrogen and oxygen atoms in total. The van der Waals surface area contributed by atoms with Gasteiger partial charge in [-0.15, -0.1) is 0 Å². The molecular formula is C29H28FN5. The van der Waals surface area contributed by atoms with E-state index in [2.05, 4.69) is 50.6 Å². The first-order valence-electron chi connectivity index (χ1n) is 12.7. The van der Waals surface area contributed by atoms with Crippen molar-refractivity contribution in [1.29, 1.82) is 0 Å². The fraction of sp³-hybridized carbons (Fsp3) is 0.310. The minimum Gasteiger partial charge on any atom is -0.342 e. The first-order valence-corrected chi connectivity index (χ1v) is 12.7. The molecule has 1 aliphatic carbocycles. The first kappa shape index (κ1) is 20.8. The van der Waals surface area contributed by atoms with Crippen LogP contribution in [0.1, 0.15) is 62.1 Å². The van der Waals surface area contributed by atoms with Crippen LogP contribution in [-0.4, -0.2) is 26.5 Å². The van der Waals surface area contributed by atoms with Crippen LogP contribution in [0.4, 0.5) is 4.39 Å². The van der Waals surface area contributed by atoms with Gasteiger partial charge in [-0.2, -0.15) is 0 Å². The maximum absolute atomic E-state index is 15.2. The van der Waals surface area contributed by atoms with Crippen molar-refractivity contribution in [3.63, 3.8) is 0 Å². The van der Waals surface area contributed by atoms with E-state index in [1.807, 2.05) is 12.1 Å². The summed E-state index contributed by atoms with van der Waals surface area (Å²) in [7, 11) is 0. The molecule has 0 unspecified atom stereocenters. The van der Waals surface area contributed by atoms with E-state index in [1.54, 1.807) is 12.3 Å². The molecule has 0 radical (unpaired) electrons. The van der Waals surface area contributed by atoms with Crippen molar-refractivity contribution in [2.75, 3.05) is 6.54 Å². The molecule has 176 valence electrons. The van der Waals surface area contributed by atoms with Crippen LogP contribution in [0.3, 0.4) is 0 Å². The third kappa shape index (κ3) is 3.64. The van der Waals surface area contributed by atoms with Crippen molar-refractivity contribution in [1.82, 2.24) is 25.3 Å². The molecule has 1 aliphatic heterocycles. The number of rotatable bonds is 4. The van der Waals surface area contributed by atoms with Gasteiger partial charge in [0.2, 0.25) is 0 Å². The van der Waals surface area contributed by atoms with Crippen LogP contribution >= 0.6 is 0 Å². The molecule has 6 heteroatoms. The summed E-state index contributed by atoms with van der Waals surface area (Å²) in [6.07, 6.45) is 8.90. The maximum Gasteiger partial charge on any atom is 0.133 e. The molecule has 1 saturated carbocycles. The number of H-pyrrole nitrogens is 2. The van der Waals surface area contributed by atoms with Crippen LogP contribution in [0.5, 0.6) is 0 Å². The number of aromatic amines is 2. The van der Waals surface area contributed by atoms with E-state index in [9.17, 15) is 0 Å². The Labute approximate surface area is 203 Å². The lowest BCUT2D eigenvalue weighted by atomic mass is 9.99. The van der Waals surface area contributed by atoms with E-state index in [0.717, 1.165) is 63.2 Å². The molecule has 0 bridgehead atoms. The number of hydrogen-bond donors (Lipinski definition) is 3. The summed E-state index contributed by atoms with van der Waals surface area (Å²) in [5, 5.41) is 5.73. The Morgan fingerprint density at radius 2 is 1.69 bits per heavy atom. The predicted octanol–water partition coefficient (Wildman–Crippen LogP) is 6.99. The predicted molar refractivity (Wildman–Crippen MR) is 138 cm³/mol. The molecule has 2 aromatic heterocycles. The van der Waals surface area contributed by atoms with Crippen molar-refractivity contribution in [3.8, 4) is 22.4 Å². The van der Waals surface area contributed by atoms with Crippen molar-refractivity contribution in [2.45, 2.75) is 50.5 Å². The molecule has 0 amide bonds. The van der Waals surface area contributed by atoms with E-state index in [4.69, 9.17) is 4.98 Å². The van der Waals surface area contributed by atoms with E-state index in [1.165, 1.54) is 32.1 Å². The van der Waals surface area contributed by atoms with Gasteiger partial charge in [-0.25, -0.2) is 14.4 Å². The number of imidazole rings is 2. The second kappa shape index (κ2) is 8.31. The Bertz CT molecular complexity index is 1540. The van der Waals surface area contributed by atoms with Gasteiger partial charge in [0.1, 0.15) is 17.5 Å². The van der Waals surface area contributed by atoms with Gasteiger partial charge >= 0.3 is 0 Å². The third-order valence-electron chi connectivity index (χ3n) is 7.81. The molecule has 35 heavy (non-hydrogen) atoms. The van der Waals surface area contributed by atoms with E-state index < -0.39 is 0 Å². The Hall–Kier alpha value is -3.51. The van der Waals surface area contributed by atoms with Gasteiger partial charge in [-0.1, -0.05) is 37.1 Å². The topological polar surface area (TPSA) is 69.4 Å². The van der Waals surface area contributed by atoms with Gasteiger partial charge in [-0.3, -0.25) is 0 Å². The maximum atomic E-state index is 15.2. The average Bonchev–Trinajstić information content (AvgIpc) is 3.69. The van der Waals surface area contributed by atoms with Crippen molar-refractivity contribution >= 4 is 21.8 Å². The number of benzene rings is 3. The summed E-state index contributed by atoms with van der Waals surface area (Å²) in [4.78, 5) is 16.3. The molecule has 1 atom stereocenters. The second-order valence-corrected chi connectivity index (χ2v) is 10.0. The van der Waals surface area contributed by atoms with Gasteiger partial charge in [0, 0.05) is 16.9 Å². The van der Waals surface area contributed by atoms with Crippen LogP contribution in [0, 0.1) is 5.82 Å². The van der Waals surface area contributed by atoms with Crippen LogP contribution < -0.4 is 5.32 Å². The largest absolute Gasteiger partial charge is 0.342 e. The van der Waals surface area contributed by atoms with Crippen LogP contribution in [0.25, 0.3) is 44.2 Å². The smallest absolute Gasteiger partial charge is 0.133 e. The lowest BCUT2D eigenvalue weighted by Gasteiger charge is -2.08. The highest BCUT2D eigenvalue weighted by Crippen LogP contribution is 2.35. The Kier molecular flexibility index (Phi) is 4.94. The summed E-state index contributed by atoms with van der Waals surface area (Å²) in [5.41, 5.74) is 5.23. The lowest BCUT2D eigenvalue weighted by Crippen LogP contribution is -2.13. The fourth-order valence-electron chi connectivity index (χ4n) is 5.88. The number of fused-ring (bicyclic) bond motifs is 3. The molecule has 5 aromatic rings. The highest BCUT2D eigenvalue weighted by atomic mass is 19.1. The molecule has 2 aliphatic rings. The van der Waals surface area contributed by atoms with Gasteiger partial charge in [-0.05, 0) is 73.0 Å². The monoisotopic (exact) mass is 465 g/mol. The Morgan fingerprint density at radius 1 is 0.829 bits per heavy atom. The SMILES string of the molecule is Fc1cc(-c2ccc3c(ccc4[nH]c([C@@H]5CCCN5)nc43)c2)ccc1-c1cnc(C2CCCC2)[nH]1. The molecule has 1 saturated heterocycles. The summed E-state index contributed by atoms with van der Waals surface area (Å²) in [6.45, 7) is 1.04. The Balaban J connectivity index is 1.21. The summed E-state index contributed by atoms with van der Waals surface area (Å²) in [6, 6.07) is 16.3. The third-order valence-corrected chi connectivity index (χ3v) is 7.81. The molecule has 3 heterocycles. The average molecular weight is 466 g/mol. The molecular weight excluding hydrogens is 437 g/mol. The Morgan fingerprint density at radius 3 is 2.51 bits per heavy atom. The van der Waals surface area contributed by atoms with Crippen molar-refractivity contribution < 1.29 is 4.39 Å². The number of nitrogens with one attached hydrogen (secondary N) is 3. The summed E-state index contributed by atoms with van der Waals surface area (Å²) < 4.78 is 15.2. The van der Waals surface area contributed by atoms with Crippen molar-refractivity contribution in [2.24, 2.45) is 0 Å². The number of nitrogens with zero attached hydrogens (tertiary/aromatic N) is 2. The zero-order valence-corrected chi connectivity index (χ0v) is 19.6. The number of halogens is 1. The van der Waals surface area contributed by atoms with Gasteiger partial charge in [0.05, 0.1) is 29.0 Å². The van der Waals surface area contributed by atoms with Crippen molar-refractivity contribution in [3.05, 3.63) is 72.2 Å². The van der Waals surface area contributed by atoms with E-state index in [0.29, 0.717) is 17.5 Å². The fourth-order valence-corrected chi connectivity index (χ4v) is 5.88. The van der Waals surface area contributed by atoms with E-state index >= 15 is 4.39 Å². The highest BCUT2D eigenvalue weighted by Gasteiger charge is 2.22. The number of aromatic nitrogens is 4. The quantitative estimate of drug-likeness (QED) is 0.268. The number of hydrogen-bond acceptors (Lipinski definition) is 3. The normalized spacial score (nSPS) is 18.8. The molecule has 3 aromatic carbocycles. The summed E-state index contributed by atoms with van der Waals surface area (Å²) in [5.74, 6) is 2.25. The zero-order chi connectivity index (χ0) is 23.4. The van der Waals surface area contributed by atoms with Gasteiger partial charge in [0.25, 0.3) is 0 Å². The molecule has 3 N–H and O–H groups in total. The summed E-state index contributed by atoms with van der Waals surface area (Å²) >= 11 is 0. The molecule has 2 fully saturated rings. The first-order chi connectivity index (χ1) is 17.2. The van der Waals surface area contributed by atoms with Crippen LogP contribution in [-0.2, 0) is 0 Å². The van der Waals surface area contributed by atoms with Gasteiger partial charge < -0.3 is 15.3 Å². The molecule has 0 spiro atoms. The lowest BCUT2D eigenvalue weighted by molar-refractivity contribution is 0.614. The minimum absolute atomic E-state index is 0.235. The highest BCUT2D eigenvalue weighted by molar-refractivity contribution is 6.05.